The molecule has 43 heavy (non-hydrogen) atoms. The van der Waals surface area contributed by atoms with Gasteiger partial charge in [0.05, 0.1) is 39.2 Å². The second-order valence-electron chi connectivity index (χ2n) is 9.11. The second kappa shape index (κ2) is 13.8. The third kappa shape index (κ3) is 6.78. The van der Waals surface area contributed by atoms with Gasteiger partial charge < -0.3 is 29.2 Å². The molecule has 1 aliphatic rings. The van der Waals surface area contributed by atoms with Crippen molar-refractivity contribution in [1.29, 1.82) is 0 Å². The van der Waals surface area contributed by atoms with Gasteiger partial charge in [0, 0.05) is 18.1 Å². The minimum atomic E-state index is -1.14. The molecule has 2 heterocycles. The number of aliphatic carboxylic acids is 1. The van der Waals surface area contributed by atoms with E-state index < -0.39 is 29.7 Å². The highest BCUT2D eigenvalue weighted by molar-refractivity contribution is 7.17. The van der Waals surface area contributed by atoms with Crippen LogP contribution >= 0.6 is 11.3 Å². The first-order valence-electron chi connectivity index (χ1n) is 12.9. The number of aliphatic hydroxyl groups is 1. The quantitative estimate of drug-likeness (QED) is 0.157. The van der Waals surface area contributed by atoms with Gasteiger partial charge in [0.1, 0.15) is 33.9 Å². The molecule has 2 N–H and O–H groups in total. The maximum atomic E-state index is 13.6. The SMILES string of the molecule is CC(=O)O.CCOC(=O)c1sc(N2C(=O)C(=O)C(=C(O)c3ccc(OC)c(C)c3)C2c2cc(OC)ccc2OC)nc1C. The number of thiazole rings is 1. The summed E-state index contributed by atoms with van der Waals surface area (Å²) < 4.78 is 21.4. The maximum absolute atomic E-state index is 13.6. The Bertz CT molecular complexity index is 1590. The highest BCUT2D eigenvalue weighted by atomic mass is 32.1. The van der Waals surface area contributed by atoms with Gasteiger partial charge in [-0.1, -0.05) is 11.3 Å². The van der Waals surface area contributed by atoms with Crippen molar-refractivity contribution in [3.63, 3.8) is 0 Å². The highest BCUT2D eigenvalue weighted by Crippen LogP contribution is 2.47. The maximum Gasteiger partial charge on any atom is 0.350 e. The van der Waals surface area contributed by atoms with Crippen LogP contribution in [0.1, 0.15) is 51.9 Å². The lowest BCUT2D eigenvalue weighted by molar-refractivity contribution is -0.134. The molecule has 12 nitrogen and oxygen atoms in total. The van der Waals surface area contributed by atoms with Crippen LogP contribution in [-0.4, -0.2) is 66.8 Å². The molecule has 0 bridgehead atoms. The lowest BCUT2D eigenvalue weighted by Crippen LogP contribution is -2.29. The Hall–Kier alpha value is -4.91. The Morgan fingerprint density at radius 2 is 1.60 bits per heavy atom. The summed E-state index contributed by atoms with van der Waals surface area (Å²) in [5.41, 5.74) is 1.61. The number of carboxylic acids is 1. The second-order valence-corrected chi connectivity index (χ2v) is 10.1. The third-order valence-electron chi connectivity index (χ3n) is 6.30. The highest BCUT2D eigenvalue weighted by Gasteiger charge is 2.49. The molecule has 2 aromatic carbocycles. The monoisotopic (exact) mass is 612 g/mol. The number of ether oxygens (including phenoxy) is 4. The molecule has 1 amide bonds. The van der Waals surface area contributed by atoms with Crippen LogP contribution in [0.25, 0.3) is 5.76 Å². The number of carbonyl (C=O) groups excluding carboxylic acids is 3. The van der Waals surface area contributed by atoms with Crippen LogP contribution in [0.2, 0.25) is 0 Å². The zero-order chi connectivity index (χ0) is 32.0. The van der Waals surface area contributed by atoms with Gasteiger partial charge in [-0.05, 0) is 62.7 Å². The van der Waals surface area contributed by atoms with Crippen LogP contribution in [0.3, 0.4) is 0 Å². The van der Waals surface area contributed by atoms with Crippen LogP contribution in [0.4, 0.5) is 5.13 Å². The van der Waals surface area contributed by atoms with Crippen molar-refractivity contribution in [3.05, 3.63) is 69.2 Å². The number of methoxy groups -OCH3 is 3. The van der Waals surface area contributed by atoms with Crippen molar-refractivity contribution >= 4 is 45.9 Å². The van der Waals surface area contributed by atoms with E-state index in [4.69, 9.17) is 28.8 Å². The van der Waals surface area contributed by atoms with Crippen LogP contribution < -0.4 is 19.1 Å². The average molecular weight is 613 g/mol. The van der Waals surface area contributed by atoms with Crippen molar-refractivity contribution < 1.29 is 48.3 Å². The number of amides is 1. The number of benzene rings is 2. The number of aryl methyl sites for hydroxylation is 2. The summed E-state index contributed by atoms with van der Waals surface area (Å²) in [6, 6.07) is 8.72. The number of hydrogen-bond donors (Lipinski definition) is 2. The number of aliphatic hydroxyl groups excluding tert-OH is 1. The minimum Gasteiger partial charge on any atom is -0.507 e. The van der Waals surface area contributed by atoms with E-state index in [9.17, 15) is 19.5 Å². The van der Waals surface area contributed by atoms with Gasteiger partial charge in [0.2, 0.25) is 0 Å². The predicted octanol–water partition coefficient (Wildman–Crippen LogP) is 4.68. The van der Waals surface area contributed by atoms with Crippen LogP contribution in [0.5, 0.6) is 17.2 Å². The molecule has 228 valence electrons. The van der Waals surface area contributed by atoms with Crippen molar-refractivity contribution in [1.82, 2.24) is 4.98 Å². The first-order chi connectivity index (χ1) is 20.4. The number of esters is 1. The molecule has 13 heteroatoms. The van der Waals surface area contributed by atoms with E-state index in [1.807, 2.05) is 0 Å². The summed E-state index contributed by atoms with van der Waals surface area (Å²) in [6.45, 7) is 6.35. The Kier molecular flexibility index (Phi) is 10.5. The first-order valence-corrected chi connectivity index (χ1v) is 13.7. The third-order valence-corrected chi connectivity index (χ3v) is 7.43. The smallest absolute Gasteiger partial charge is 0.350 e. The van der Waals surface area contributed by atoms with Gasteiger partial charge in [-0.3, -0.25) is 19.3 Å². The molecule has 0 radical (unpaired) electrons. The van der Waals surface area contributed by atoms with Gasteiger partial charge in [0.15, 0.2) is 5.13 Å². The summed E-state index contributed by atoms with van der Waals surface area (Å²) in [7, 11) is 4.47. The van der Waals surface area contributed by atoms with Gasteiger partial charge in [0.25, 0.3) is 11.8 Å². The number of anilines is 1. The van der Waals surface area contributed by atoms with Crippen molar-refractivity contribution in [2.24, 2.45) is 0 Å². The molecular formula is C30H32N2O10S. The molecule has 1 unspecified atom stereocenters. The van der Waals surface area contributed by atoms with Crippen molar-refractivity contribution in [3.8, 4) is 17.2 Å². The number of carboxylic acid groups (broad SMARTS) is 1. The van der Waals surface area contributed by atoms with Gasteiger partial charge in [-0.2, -0.15) is 0 Å². The van der Waals surface area contributed by atoms with Gasteiger partial charge in [-0.15, -0.1) is 0 Å². The molecule has 3 aromatic rings. The fraction of sp³-hybridized carbons (Fsp3) is 0.300. The van der Waals surface area contributed by atoms with E-state index in [-0.39, 0.29) is 27.9 Å². The Morgan fingerprint density at radius 3 is 2.16 bits per heavy atom. The molecule has 0 spiro atoms. The number of Topliss-reactive ketones (excluding diaryl/α,β-unsaturated/α-hetero) is 1. The molecule has 1 aromatic heterocycles. The van der Waals surface area contributed by atoms with Crippen LogP contribution in [0, 0.1) is 13.8 Å². The number of rotatable bonds is 8. The minimum absolute atomic E-state index is 0.0949. The predicted molar refractivity (Wildman–Crippen MR) is 158 cm³/mol. The molecule has 0 saturated carbocycles. The normalized spacial score (nSPS) is 15.4. The number of ketones is 1. The topological polar surface area (TPSA) is 162 Å². The molecule has 1 saturated heterocycles. The molecule has 0 aliphatic carbocycles. The van der Waals surface area contributed by atoms with E-state index in [0.29, 0.717) is 34.1 Å². The summed E-state index contributed by atoms with van der Waals surface area (Å²) >= 11 is 0.924. The van der Waals surface area contributed by atoms with E-state index in [1.54, 1.807) is 57.2 Å². The van der Waals surface area contributed by atoms with Crippen molar-refractivity contribution in [2.75, 3.05) is 32.8 Å². The fourth-order valence-electron chi connectivity index (χ4n) is 4.43. The molecule has 1 aliphatic heterocycles. The number of carbonyl (C=O) groups is 4. The fourth-order valence-corrected chi connectivity index (χ4v) is 5.42. The van der Waals surface area contributed by atoms with E-state index >= 15 is 0 Å². The molecule has 1 atom stereocenters. The van der Waals surface area contributed by atoms with Gasteiger partial charge >= 0.3 is 11.9 Å². The molecule has 1 fully saturated rings. The summed E-state index contributed by atoms with van der Waals surface area (Å²) in [5.74, 6) is -2.23. The lowest BCUT2D eigenvalue weighted by atomic mass is 9.94. The summed E-state index contributed by atoms with van der Waals surface area (Å²) in [5, 5.41) is 19.0. The Morgan fingerprint density at radius 1 is 0.977 bits per heavy atom. The zero-order valence-electron chi connectivity index (χ0n) is 24.7. The largest absolute Gasteiger partial charge is 0.507 e. The molecular weight excluding hydrogens is 580 g/mol. The van der Waals surface area contributed by atoms with Crippen molar-refractivity contribution in [2.45, 2.75) is 33.7 Å². The van der Waals surface area contributed by atoms with Crippen LogP contribution in [0.15, 0.2) is 42.0 Å². The average Bonchev–Trinajstić information content (AvgIpc) is 3.48. The van der Waals surface area contributed by atoms with Crippen LogP contribution in [-0.2, 0) is 19.1 Å². The van der Waals surface area contributed by atoms with E-state index in [1.165, 1.54) is 26.2 Å². The summed E-state index contributed by atoms with van der Waals surface area (Å²) in [4.78, 5) is 54.4. The number of aromatic nitrogens is 1. The first kappa shape index (κ1) is 32.6. The van der Waals surface area contributed by atoms with E-state index in [2.05, 4.69) is 4.98 Å². The molecule has 4 rings (SSSR count). The summed E-state index contributed by atoms with van der Waals surface area (Å²) in [6.07, 6.45) is 0. The Balaban J connectivity index is 0.00000119. The lowest BCUT2D eigenvalue weighted by Gasteiger charge is -2.25. The standard InChI is InChI=1S/C28H28N2O8S.C2H4O2/c1-7-38-27(34)25-15(3)29-28(39-25)30-22(18-13-17(35-4)9-11-20(18)37-6)21(24(32)26(30)33)23(31)16-8-10-19(36-5)14(2)12-16;1-2(3)4/h8-13,22,31H,7H2,1-6H3;1H3,(H,3,4). The number of hydrogen-bond acceptors (Lipinski definition) is 11. The van der Waals surface area contributed by atoms with E-state index in [0.717, 1.165) is 23.8 Å². The Labute approximate surface area is 252 Å². The van der Waals surface area contributed by atoms with Gasteiger partial charge in [-0.25, -0.2) is 9.78 Å². The zero-order valence-corrected chi connectivity index (χ0v) is 25.5. The number of nitrogens with zero attached hydrogens (tertiary/aromatic N) is 2.